The van der Waals surface area contributed by atoms with Crippen molar-refractivity contribution < 1.29 is 4.74 Å². The second-order valence-corrected chi connectivity index (χ2v) is 7.53. The van der Waals surface area contributed by atoms with Gasteiger partial charge in [-0.15, -0.1) is 17.5 Å². The van der Waals surface area contributed by atoms with Crippen LogP contribution in [0.4, 0.5) is 0 Å². The lowest BCUT2D eigenvalue weighted by molar-refractivity contribution is 0.0108. The molecule has 2 aromatic heterocycles. The van der Waals surface area contributed by atoms with Gasteiger partial charge in [0.1, 0.15) is 11.5 Å². The van der Waals surface area contributed by atoms with Crippen LogP contribution in [-0.4, -0.2) is 43.3 Å². The predicted molar refractivity (Wildman–Crippen MR) is 115 cm³/mol. The van der Waals surface area contributed by atoms with Crippen LogP contribution in [0.3, 0.4) is 0 Å². The van der Waals surface area contributed by atoms with Gasteiger partial charge < -0.3 is 10.5 Å². The minimum Gasteiger partial charge on any atom is -0.377 e. The number of halogens is 1. The molecule has 0 unspecified atom stereocenters. The van der Waals surface area contributed by atoms with Gasteiger partial charge in [-0.3, -0.25) is 4.68 Å². The van der Waals surface area contributed by atoms with Crippen molar-refractivity contribution in [2.45, 2.75) is 50.7 Å². The molecule has 1 saturated carbocycles. The lowest BCUT2D eigenvalue weighted by atomic mass is 9.83. The van der Waals surface area contributed by atoms with Gasteiger partial charge in [0.15, 0.2) is 5.82 Å². The van der Waals surface area contributed by atoms with E-state index in [4.69, 9.17) is 20.6 Å². The van der Waals surface area contributed by atoms with Crippen molar-refractivity contribution in [2.75, 3.05) is 6.61 Å². The molecule has 0 amide bonds. The molecule has 7 nitrogen and oxygen atoms in total. The van der Waals surface area contributed by atoms with Crippen LogP contribution in [0, 0.1) is 0 Å². The van der Waals surface area contributed by atoms with E-state index in [1.807, 2.05) is 54.5 Å². The molecule has 3 aromatic rings. The Morgan fingerprint density at radius 3 is 2.66 bits per heavy atom. The summed E-state index contributed by atoms with van der Waals surface area (Å²) in [6, 6.07) is 10.1. The molecular formula is C21H29ClN6O. The lowest BCUT2D eigenvalue weighted by Crippen LogP contribution is -2.42. The summed E-state index contributed by atoms with van der Waals surface area (Å²) in [5.41, 5.74) is 8.39. The van der Waals surface area contributed by atoms with Crippen LogP contribution in [0.5, 0.6) is 0 Å². The molecule has 0 spiro atoms. The molecule has 29 heavy (non-hydrogen) atoms. The second kappa shape index (κ2) is 9.52. The predicted octanol–water partition coefficient (Wildman–Crippen LogP) is 3.48. The zero-order valence-corrected chi connectivity index (χ0v) is 17.8. The van der Waals surface area contributed by atoms with E-state index < -0.39 is 0 Å². The van der Waals surface area contributed by atoms with Gasteiger partial charge in [0.25, 0.3) is 0 Å². The average molecular weight is 417 g/mol. The summed E-state index contributed by atoms with van der Waals surface area (Å²) in [4.78, 5) is 4.93. The van der Waals surface area contributed by atoms with Crippen molar-refractivity contribution in [3.63, 3.8) is 0 Å². The number of ether oxygens (including phenoxy) is 1. The fourth-order valence-electron chi connectivity index (χ4n) is 3.89. The zero-order chi connectivity index (χ0) is 19.5. The minimum atomic E-state index is 0. The highest BCUT2D eigenvalue weighted by atomic mass is 35.5. The van der Waals surface area contributed by atoms with Crippen LogP contribution in [0.25, 0.3) is 17.1 Å². The van der Waals surface area contributed by atoms with E-state index in [2.05, 4.69) is 12.0 Å². The molecule has 1 fully saturated rings. The van der Waals surface area contributed by atoms with Crippen LogP contribution in [0.15, 0.2) is 42.7 Å². The molecule has 1 aliphatic rings. The smallest absolute Gasteiger partial charge is 0.181 e. The van der Waals surface area contributed by atoms with Crippen molar-refractivity contribution in [3.8, 4) is 17.1 Å². The molecule has 2 N–H and O–H groups in total. The topological polar surface area (TPSA) is 83.8 Å². The molecule has 1 aliphatic carbocycles. The number of aromatic nitrogens is 5. The third-order valence-corrected chi connectivity index (χ3v) is 5.34. The van der Waals surface area contributed by atoms with Crippen molar-refractivity contribution in [3.05, 3.63) is 48.5 Å². The first kappa shape index (κ1) is 21.5. The Kier molecular flexibility index (Phi) is 7.05. The van der Waals surface area contributed by atoms with Gasteiger partial charge in [0.2, 0.25) is 0 Å². The maximum atomic E-state index is 6.46. The van der Waals surface area contributed by atoms with E-state index in [0.29, 0.717) is 0 Å². The van der Waals surface area contributed by atoms with Gasteiger partial charge in [-0.25, -0.2) is 9.67 Å². The fourth-order valence-corrected chi connectivity index (χ4v) is 3.89. The van der Waals surface area contributed by atoms with Crippen LogP contribution < -0.4 is 5.73 Å². The number of nitrogens with zero attached hydrogens (tertiary/aromatic N) is 5. The Hall–Kier alpha value is -2.22. The van der Waals surface area contributed by atoms with Crippen LogP contribution in [-0.2, 0) is 11.8 Å². The monoisotopic (exact) mass is 416 g/mol. The van der Waals surface area contributed by atoms with E-state index >= 15 is 0 Å². The van der Waals surface area contributed by atoms with Gasteiger partial charge in [0, 0.05) is 31.2 Å². The normalized spacial score (nSPS) is 21.7. The van der Waals surface area contributed by atoms with Crippen LogP contribution in [0.2, 0.25) is 0 Å². The van der Waals surface area contributed by atoms with Gasteiger partial charge >= 0.3 is 0 Å². The molecular weight excluding hydrogens is 388 g/mol. The highest BCUT2D eigenvalue weighted by Gasteiger charge is 2.33. The number of hydrogen-bond acceptors (Lipinski definition) is 5. The summed E-state index contributed by atoms with van der Waals surface area (Å²) in [7, 11) is 1.91. The van der Waals surface area contributed by atoms with Gasteiger partial charge in [0.05, 0.1) is 18.5 Å². The summed E-state index contributed by atoms with van der Waals surface area (Å²) >= 11 is 0. The highest BCUT2D eigenvalue weighted by molar-refractivity contribution is 5.85. The summed E-state index contributed by atoms with van der Waals surface area (Å²) in [5, 5.41) is 9.12. The lowest BCUT2D eigenvalue weighted by Gasteiger charge is -2.33. The van der Waals surface area contributed by atoms with E-state index in [1.54, 1.807) is 4.68 Å². The Bertz CT molecular complexity index is 909. The van der Waals surface area contributed by atoms with E-state index in [9.17, 15) is 0 Å². The first-order valence-electron chi connectivity index (χ1n) is 10.0. The maximum absolute atomic E-state index is 6.46. The van der Waals surface area contributed by atoms with Crippen molar-refractivity contribution in [1.29, 1.82) is 0 Å². The summed E-state index contributed by atoms with van der Waals surface area (Å²) in [6.45, 7) is 2.89. The van der Waals surface area contributed by atoms with E-state index in [-0.39, 0.29) is 30.5 Å². The quantitative estimate of drug-likeness (QED) is 0.665. The Morgan fingerprint density at radius 2 is 2.00 bits per heavy atom. The molecule has 0 aliphatic heterocycles. The average Bonchev–Trinajstić information content (AvgIpc) is 3.34. The molecule has 3 atom stereocenters. The SMILES string of the molecule is CCCO[C@@H]1CC[C@H](c2nc(-c3ccccc3)nn2-c2cnn(C)c2)C[C@H]1N.Cl. The number of hydrogen-bond donors (Lipinski definition) is 1. The highest BCUT2D eigenvalue weighted by Crippen LogP contribution is 2.34. The molecule has 2 heterocycles. The van der Waals surface area contributed by atoms with Crippen molar-refractivity contribution in [2.24, 2.45) is 12.8 Å². The molecule has 4 rings (SSSR count). The minimum absolute atomic E-state index is 0. The largest absolute Gasteiger partial charge is 0.377 e. The Balaban J connectivity index is 0.00000240. The van der Waals surface area contributed by atoms with Crippen molar-refractivity contribution >= 4 is 12.4 Å². The molecule has 0 radical (unpaired) electrons. The Labute approximate surface area is 177 Å². The molecule has 8 heteroatoms. The fraction of sp³-hybridized carbons (Fsp3) is 0.476. The molecule has 1 aromatic carbocycles. The van der Waals surface area contributed by atoms with E-state index in [0.717, 1.165) is 55.2 Å². The van der Waals surface area contributed by atoms with Crippen LogP contribution >= 0.6 is 12.4 Å². The zero-order valence-electron chi connectivity index (χ0n) is 16.9. The second-order valence-electron chi connectivity index (χ2n) is 7.53. The Morgan fingerprint density at radius 1 is 1.21 bits per heavy atom. The summed E-state index contributed by atoms with van der Waals surface area (Å²) in [6.07, 6.45) is 7.73. The number of aryl methyl sites for hydroxylation is 1. The summed E-state index contributed by atoms with van der Waals surface area (Å²) in [5.74, 6) is 1.94. The standard InChI is InChI=1S/C21H28N6O.ClH/c1-3-11-28-19-10-9-16(12-18(19)22)21-24-20(15-7-5-4-6-8-15)25-27(21)17-13-23-26(2)14-17;/h4-8,13-14,16,18-19H,3,9-12,22H2,1-2H3;1H/t16-,18+,19+;/m0./s1. The van der Waals surface area contributed by atoms with E-state index in [1.165, 1.54) is 0 Å². The van der Waals surface area contributed by atoms with Crippen LogP contribution in [0.1, 0.15) is 44.3 Å². The first-order chi connectivity index (χ1) is 13.7. The third-order valence-electron chi connectivity index (χ3n) is 5.34. The number of rotatable bonds is 6. The number of nitrogens with two attached hydrogens (primary N) is 1. The summed E-state index contributed by atoms with van der Waals surface area (Å²) < 4.78 is 9.65. The maximum Gasteiger partial charge on any atom is 0.181 e. The first-order valence-corrected chi connectivity index (χ1v) is 10.0. The third kappa shape index (κ3) is 4.69. The van der Waals surface area contributed by atoms with Gasteiger partial charge in [-0.05, 0) is 25.7 Å². The van der Waals surface area contributed by atoms with Crippen molar-refractivity contribution in [1.82, 2.24) is 24.5 Å². The van der Waals surface area contributed by atoms with Gasteiger partial charge in [-0.1, -0.05) is 37.3 Å². The number of benzene rings is 1. The molecule has 156 valence electrons. The molecule has 0 saturated heterocycles. The van der Waals surface area contributed by atoms with Gasteiger partial charge in [-0.2, -0.15) is 5.10 Å². The molecule has 0 bridgehead atoms.